The van der Waals surface area contributed by atoms with Crippen LogP contribution >= 0.6 is 0 Å². The zero-order valence-corrected chi connectivity index (χ0v) is 13.2. The molecule has 5 nitrogen and oxygen atoms in total. The minimum Gasteiger partial charge on any atom is -0.388 e. The summed E-state index contributed by atoms with van der Waals surface area (Å²) in [5.74, 6) is -0.0828. The van der Waals surface area contributed by atoms with Crippen molar-refractivity contribution in [1.82, 2.24) is 10.2 Å². The van der Waals surface area contributed by atoms with Crippen LogP contribution in [0.15, 0.2) is 30.3 Å². The summed E-state index contributed by atoms with van der Waals surface area (Å²) < 4.78 is 0. The number of aliphatic hydroxyl groups excluding tert-OH is 1. The zero-order chi connectivity index (χ0) is 16.1. The number of rotatable bonds is 4. The summed E-state index contributed by atoms with van der Waals surface area (Å²) in [4.78, 5) is 25.0. The summed E-state index contributed by atoms with van der Waals surface area (Å²) in [5, 5.41) is 13.1. The van der Waals surface area contributed by atoms with Crippen LogP contribution in [0.1, 0.15) is 38.4 Å². The Bertz CT molecular complexity index is 510. The Kier molecular flexibility index (Phi) is 5.55. The highest BCUT2D eigenvalue weighted by atomic mass is 16.3. The first-order valence-electron chi connectivity index (χ1n) is 7.78. The first kappa shape index (κ1) is 16.5. The fraction of sp³-hybridized carbons (Fsp3) is 0.529. The van der Waals surface area contributed by atoms with Crippen molar-refractivity contribution < 1.29 is 14.7 Å². The lowest BCUT2D eigenvalue weighted by molar-refractivity contribution is -0.137. The second-order valence-corrected chi connectivity index (χ2v) is 5.94. The minimum atomic E-state index is -0.493. The zero-order valence-electron chi connectivity index (χ0n) is 13.2. The number of aliphatic hydroxyl groups is 1. The summed E-state index contributed by atoms with van der Waals surface area (Å²) in [6.07, 6.45) is 1.06. The third-order valence-electron chi connectivity index (χ3n) is 4.23. The SMILES string of the molecule is CC(=O)NC(C)C(=O)N1CCC(C(O)c2ccccc2)CC1. The van der Waals surface area contributed by atoms with Crippen LogP contribution in [0.5, 0.6) is 0 Å². The number of amides is 2. The van der Waals surface area contributed by atoms with Gasteiger partial charge in [-0.2, -0.15) is 0 Å². The van der Waals surface area contributed by atoms with Crippen LogP contribution in [0.4, 0.5) is 0 Å². The van der Waals surface area contributed by atoms with Crippen molar-refractivity contribution in [1.29, 1.82) is 0 Å². The Hall–Kier alpha value is -1.88. The highest BCUT2D eigenvalue weighted by molar-refractivity contribution is 5.86. The van der Waals surface area contributed by atoms with Gasteiger partial charge in [-0.15, -0.1) is 0 Å². The van der Waals surface area contributed by atoms with Gasteiger partial charge in [-0.05, 0) is 31.2 Å². The number of benzene rings is 1. The Balaban J connectivity index is 1.87. The van der Waals surface area contributed by atoms with Gasteiger partial charge in [0.1, 0.15) is 6.04 Å². The third-order valence-corrected chi connectivity index (χ3v) is 4.23. The summed E-state index contributed by atoms with van der Waals surface area (Å²) in [5.41, 5.74) is 0.930. The normalized spacial score (nSPS) is 18.6. The number of nitrogens with zero attached hydrogens (tertiary/aromatic N) is 1. The van der Waals surface area contributed by atoms with E-state index in [1.54, 1.807) is 11.8 Å². The first-order valence-corrected chi connectivity index (χ1v) is 7.78. The van der Waals surface area contributed by atoms with Gasteiger partial charge in [0.05, 0.1) is 6.10 Å². The predicted octanol–water partition coefficient (Wildman–Crippen LogP) is 1.48. The van der Waals surface area contributed by atoms with E-state index in [0.29, 0.717) is 13.1 Å². The number of nitrogens with one attached hydrogen (secondary N) is 1. The minimum absolute atomic E-state index is 0.0529. The maximum absolute atomic E-state index is 12.2. The monoisotopic (exact) mass is 304 g/mol. The van der Waals surface area contributed by atoms with E-state index in [9.17, 15) is 14.7 Å². The van der Waals surface area contributed by atoms with E-state index in [1.807, 2.05) is 30.3 Å². The van der Waals surface area contributed by atoms with E-state index < -0.39 is 12.1 Å². The number of carbonyl (C=O) groups is 2. The van der Waals surface area contributed by atoms with E-state index in [1.165, 1.54) is 6.92 Å². The van der Waals surface area contributed by atoms with Crippen LogP contribution in [-0.4, -0.2) is 41.0 Å². The molecule has 1 aromatic rings. The molecule has 120 valence electrons. The van der Waals surface area contributed by atoms with Crippen LogP contribution in [0.2, 0.25) is 0 Å². The van der Waals surface area contributed by atoms with Gasteiger partial charge in [0.15, 0.2) is 0 Å². The molecular formula is C17H24N2O3. The highest BCUT2D eigenvalue weighted by Gasteiger charge is 2.30. The van der Waals surface area contributed by atoms with Crippen molar-refractivity contribution in [3.8, 4) is 0 Å². The topological polar surface area (TPSA) is 69.6 Å². The molecule has 0 spiro atoms. The largest absolute Gasteiger partial charge is 0.388 e. The maximum atomic E-state index is 12.2. The van der Waals surface area contributed by atoms with Gasteiger partial charge >= 0.3 is 0 Å². The van der Waals surface area contributed by atoms with Gasteiger partial charge in [-0.3, -0.25) is 9.59 Å². The molecule has 0 saturated carbocycles. The number of likely N-dealkylation sites (tertiary alicyclic amines) is 1. The fourth-order valence-corrected chi connectivity index (χ4v) is 3.00. The predicted molar refractivity (Wildman–Crippen MR) is 84.0 cm³/mol. The average molecular weight is 304 g/mol. The van der Waals surface area contributed by atoms with E-state index >= 15 is 0 Å². The molecule has 2 atom stereocenters. The van der Waals surface area contributed by atoms with E-state index in [0.717, 1.165) is 18.4 Å². The van der Waals surface area contributed by atoms with Crippen LogP contribution in [-0.2, 0) is 9.59 Å². The Morgan fingerprint density at radius 2 is 1.82 bits per heavy atom. The molecule has 2 rings (SSSR count). The summed E-state index contributed by atoms with van der Waals surface area (Å²) in [6, 6.07) is 9.15. The summed E-state index contributed by atoms with van der Waals surface area (Å²) in [6.45, 7) is 4.36. The Morgan fingerprint density at radius 1 is 1.23 bits per heavy atom. The van der Waals surface area contributed by atoms with Crippen LogP contribution < -0.4 is 5.32 Å². The van der Waals surface area contributed by atoms with Crippen molar-refractivity contribution in [2.24, 2.45) is 5.92 Å². The highest BCUT2D eigenvalue weighted by Crippen LogP contribution is 2.30. The molecule has 2 amide bonds. The molecule has 0 bridgehead atoms. The van der Waals surface area contributed by atoms with Gasteiger partial charge in [-0.1, -0.05) is 30.3 Å². The lowest BCUT2D eigenvalue weighted by Gasteiger charge is -2.35. The molecule has 1 fully saturated rings. The molecule has 2 N–H and O–H groups in total. The molecule has 1 heterocycles. The standard InChI is InChI=1S/C17H24N2O3/c1-12(18-13(2)20)17(22)19-10-8-15(9-11-19)16(21)14-6-4-3-5-7-14/h3-7,12,15-16,21H,8-11H2,1-2H3,(H,18,20). The Labute approximate surface area is 131 Å². The van der Waals surface area contributed by atoms with Crippen molar-refractivity contribution in [3.05, 3.63) is 35.9 Å². The van der Waals surface area contributed by atoms with Gasteiger partial charge in [0.2, 0.25) is 11.8 Å². The fourth-order valence-electron chi connectivity index (χ4n) is 3.00. The van der Waals surface area contributed by atoms with Crippen molar-refractivity contribution in [3.63, 3.8) is 0 Å². The summed E-state index contributed by atoms with van der Waals surface area (Å²) in [7, 11) is 0. The number of carbonyl (C=O) groups excluding carboxylic acids is 2. The maximum Gasteiger partial charge on any atom is 0.244 e. The molecule has 0 radical (unpaired) electrons. The van der Waals surface area contributed by atoms with E-state index in [2.05, 4.69) is 5.32 Å². The molecule has 1 aliphatic rings. The first-order chi connectivity index (χ1) is 10.5. The smallest absolute Gasteiger partial charge is 0.244 e. The Morgan fingerprint density at radius 3 is 2.36 bits per heavy atom. The molecule has 1 aromatic carbocycles. The van der Waals surface area contributed by atoms with E-state index in [4.69, 9.17) is 0 Å². The van der Waals surface area contributed by atoms with Gasteiger partial charge in [0, 0.05) is 20.0 Å². The van der Waals surface area contributed by atoms with E-state index in [-0.39, 0.29) is 17.7 Å². The number of hydrogen-bond donors (Lipinski definition) is 2. The molecule has 1 saturated heterocycles. The number of piperidine rings is 1. The third kappa shape index (κ3) is 4.07. The van der Waals surface area contributed by atoms with Gasteiger partial charge in [-0.25, -0.2) is 0 Å². The molecule has 22 heavy (non-hydrogen) atoms. The molecule has 1 aliphatic heterocycles. The lowest BCUT2D eigenvalue weighted by Crippen LogP contribution is -2.49. The second kappa shape index (κ2) is 7.40. The molecule has 0 aliphatic carbocycles. The van der Waals surface area contributed by atoms with Crippen LogP contribution in [0.3, 0.4) is 0 Å². The molecular weight excluding hydrogens is 280 g/mol. The van der Waals surface area contributed by atoms with Crippen molar-refractivity contribution >= 4 is 11.8 Å². The van der Waals surface area contributed by atoms with Crippen LogP contribution in [0.25, 0.3) is 0 Å². The number of hydrogen-bond acceptors (Lipinski definition) is 3. The van der Waals surface area contributed by atoms with Gasteiger partial charge in [0.25, 0.3) is 0 Å². The quantitative estimate of drug-likeness (QED) is 0.885. The second-order valence-electron chi connectivity index (χ2n) is 5.94. The molecule has 0 aromatic heterocycles. The van der Waals surface area contributed by atoms with Crippen molar-refractivity contribution in [2.75, 3.05) is 13.1 Å². The van der Waals surface area contributed by atoms with Gasteiger partial charge < -0.3 is 15.3 Å². The lowest BCUT2D eigenvalue weighted by atomic mass is 9.87. The summed E-state index contributed by atoms with van der Waals surface area (Å²) >= 11 is 0. The molecule has 2 unspecified atom stereocenters. The van der Waals surface area contributed by atoms with Crippen molar-refractivity contribution in [2.45, 2.75) is 38.8 Å². The molecule has 5 heteroatoms. The van der Waals surface area contributed by atoms with Crippen LogP contribution in [0, 0.1) is 5.92 Å². The average Bonchev–Trinajstić information content (AvgIpc) is 2.54.